The number of hydrogen-bond donors (Lipinski definition) is 1. The number of hydrogen-bond acceptors (Lipinski definition) is 5. The average Bonchev–Trinajstić information content (AvgIpc) is 3.12. The van der Waals surface area contributed by atoms with Crippen LogP contribution in [0.2, 0.25) is 0 Å². The Labute approximate surface area is 166 Å². The van der Waals surface area contributed by atoms with Crippen LogP contribution in [0.3, 0.4) is 0 Å². The SMILES string of the molecule is COC[C@]1(Cc2ccccc2)CCCN1c1cc(N2CCOCC2)cc(=O)[nH]1. The highest BCUT2D eigenvalue weighted by Gasteiger charge is 2.42. The summed E-state index contributed by atoms with van der Waals surface area (Å²) >= 11 is 0. The molecule has 0 bridgehead atoms. The van der Waals surface area contributed by atoms with E-state index in [-0.39, 0.29) is 11.1 Å². The number of ether oxygens (including phenoxy) is 2. The summed E-state index contributed by atoms with van der Waals surface area (Å²) in [7, 11) is 1.76. The van der Waals surface area contributed by atoms with E-state index in [0.29, 0.717) is 19.8 Å². The molecule has 0 aliphatic carbocycles. The van der Waals surface area contributed by atoms with Crippen molar-refractivity contribution in [3.8, 4) is 0 Å². The molecular formula is C22H29N3O3. The standard InChI is InChI=1S/C22H29N3O3/c1-27-17-22(16-18-6-3-2-4-7-18)8-5-9-25(22)20-14-19(15-21(26)23-20)24-10-12-28-13-11-24/h2-4,6-7,14-15H,5,8-13,16-17H2,1H3,(H,23,26)/t22-/m1/s1. The molecule has 0 saturated carbocycles. The second kappa shape index (κ2) is 8.37. The molecule has 6 nitrogen and oxygen atoms in total. The summed E-state index contributed by atoms with van der Waals surface area (Å²) < 4.78 is 11.1. The second-order valence-electron chi connectivity index (χ2n) is 7.76. The first-order valence-corrected chi connectivity index (χ1v) is 10.1. The average molecular weight is 383 g/mol. The van der Waals surface area contributed by atoms with E-state index in [1.165, 1.54) is 5.56 Å². The summed E-state index contributed by atoms with van der Waals surface area (Å²) in [5.74, 6) is 0.888. The summed E-state index contributed by atoms with van der Waals surface area (Å²) in [6.07, 6.45) is 3.02. The van der Waals surface area contributed by atoms with E-state index < -0.39 is 0 Å². The fourth-order valence-electron chi connectivity index (χ4n) is 4.61. The first-order valence-electron chi connectivity index (χ1n) is 10.1. The summed E-state index contributed by atoms with van der Waals surface area (Å²) in [5, 5.41) is 0. The number of H-pyrrole nitrogens is 1. The molecule has 4 rings (SSSR count). The molecule has 2 aliphatic heterocycles. The molecule has 2 aliphatic rings. The van der Waals surface area contributed by atoms with Crippen molar-refractivity contribution in [1.29, 1.82) is 0 Å². The number of benzene rings is 1. The molecule has 0 spiro atoms. The number of aromatic amines is 1. The first kappa shape index (κ1) is 19.0. The molecule has 0 radical (unpaired) electrons. The Morgan fingerprint density at radius 2 is 1.93 bits per heavy atom. The zero-order valence-electron chi connectivity index (χ0n) is 16.5. The number of aromatic nitrogens is 1. The van der Waals surface area contributed by atoms with Gasteiger partial charge in [-0.1, -0.05) is 30.3 Å². The molecule has 1 aromatic carbocycles. The van der Waals surface area contributed by atoms with Gasteiger partial charge in [0.25, 0.3) is 5.56 Å². The van der Waals surface area contributed by atoms with Gasteiger partial charge in [-0.25, -0.2) is 0 Å². The van der Waals surface area contributed by atoms with Gasteiger partial charge < -0.3 is 24.3 Å². The summed E-state index contributed by atoms with van der Waals surface area (Å²) in [4.78, 5) is 20.1. The number of nitrogens with one attached hydrogen (secondary N) is 1. The Morgan fingerprint density at radius 3 is 2.68 bits per heavy atom. The summed E-state index contributed by atoms with van der Waals surface area (Å²) in [5.41, 5.74) is 2.05. The lowest BCUT2D eigenvalue weighted by molar-refractivity contribution is 0.122. The van der Waals surface area contributed by atoms with Crippen molar-refractivity contribution in [2.24, 2.45) is 0 Å². The summed E-state index contributed by atoms with van der Waals surface area (Å²) in [6, 6.07) is 14.4. The monoisotopic (exact) mass is 383 g/mol. The predicted molar refractivity (Wildman–Crippen MR) is 111 cm³/mol. The highest BCUT2D eigenvalue weighted by atomic mass is 16.5. The van der Waals surface area contributed by atoms with Gasteiger partial charge in [0.2, 0.25) is 0 Å². The minimum absolute atomic E-state index is 0.0584. The molecule has 1 aromatic heterocycles. The Bertz CT molecular complexity index is 832. The van der Waals surface area contributed by atoms with Crippen LogP contribution in [0.15, 0.2) is 47.3 Å². The molecule has 150 valence electrons. The van der Waals surface area contributed by atoms with Gasteiger partial charge in [-0.2, -0.15) is 0 Å². The summed E-state index contributed by atoms with van der Waals surface area (Å²) in [6.45, 7) is 4.58. The second-order valence-corrected chi connectivity index (χ2v) is 7.76. The molecule has 2 saturated heterocycles. The minimum atomic E-state index is -0.150. The molecule has 2 fully saturated rings. The Morgan fingerprint density at radius 1 is 1.14 bits per heavy atom. The molecule has 0 amide bonds. The molecule has 3 heterocycles. The fraction of sp³-hybridized carbons (Fsp3) is 0.500. The van der Waals surface area contributed by atoms with E-state index in [9.17, 15) is 4.79 Å². The van der Waals surface area contributed by atoms with E-state index in [2.05, 4.69) is 45.1 Å². The molecule has 0 unspecified atom stereocenters. The maximum absolute atomic E-state index is 12.5. The molecule has 1 atom stereocenters. The van der Waals surface area contributed by atoms with Crippen molar-refractivity contribution < 1.29 is 9.47 Å². The van der Waals surface area contributed by atoms with Gasteiger partial charge >= 0.3 is 0 Å². The lowest BCUT2D eigenvalue weighted by Gasteiger charge is -2.40. The Balaban J connectivity index is 1.67. The lowest BCUT2D eigenvalue weighted by atomic mass is 9.88. The normalized spacial score (nSPS) is 22.6. The maximum atomic E-state index is 12.5. The van der Waals surface area contributed by atoms with Gasteiger partial charge in [-0.05, 0) is 24.8 Å². The van der Waals surface area contributed by atoms with Crippen LogP contribution in [0.1, 0.15) is 18.4 Å². The third kappa shape index (κ3) is 3.93. The van der Waals surface area contributed by atoms with E-state index in [4.69, 9.17) is 9.47 Å². The Kier molecular flexibility index (Phi) is 5.69. The Hall–Kier alpha value is -2.31. The number of morpholine rings is 1. The van der Waals surface area contributed by atoms with Gasteiger partial charge in [-0.15, -0.1) is 0 Å². The molecule has 1 N–H and O–H groups in total. The largest absolute Gasteiger partial charge is 0.382 e. The van der Waals surface area contributed by atoms with Gasteiger partial charge in [0, 0.05) is 44.6 Å². The fourth-order valence-corrected chi connectivity index (χ4v) is 4.61. The minimum Gasteiger partial charge on any atom is -0.382 e. The lowest BCUT2D eigenvalue weighted by Crippen LogP contribution is -2.50. The molecule has 6 heteroatoms. The van der Waals surface area contributed by atoms with Crippen LogP contribution in [-0.4, -0.2) is 57.1 Å². The maximum Gasteiger partial charge on any atom is 0.251 e. The smallest absolute Gasteiger partial charge is 0.251 e. The zero-order chi connectivity index (χ0) is 19.4. The van der Waals surface area contributed by atoms with Crippen LogP contribution >= 0.6 is 0 Å². The van der Waals surface area contributed by atoms with Crippen LogP contribution in [0.25, 0.3) is 0 Å². The predicted octanol–water partition coefficient (Wildman–Crippen LogP) is 2.44. The molecular weight excluding hydrogens is 354 g/mol. The van der Waals surface area contributed by atoms with Crippen LogP contribution in [-0.2, 0) is 15.9 Å². The van der Waals surface area contributed by atoms with Crippen molar-refractivity contribution in [1.82, 2.24) is 4.98 Å². The van der Waals surface area contributed by atoms with Crippen molar-refractivity contribution in [2.75, 3.05) is 56.4 Å². The van der Waals surface area contributed by atoms with E-state index in [0.717, 1.165) is 50.4 Å². The number of nitrogens with zero attached hydrogens (tertiary/aromatic N) is 2. The number of anilines is 2. The van der Waals surface area contributed by atoms with Crippen LogP contribution in [0.5, 0.6) is 0 Å². The first-order chi connectivity index (χ1) is 13.7. The van der Waals surface area contributed by atoms with E-state index in [1.54, 1.807) is 13.2 Å². The third-order valence-electron chi connectivity index (χ3n) is 5.87. The quantitative estimate of drug-likeness (QED) is 0.830. The van der Waals surface area contributed by atoms with Crippen molar-refractivity contribution in [3.63, 3.8) is 0 Å². The highest BCUT2D eigenvalue weighted by molar-refractivity contribution is 5.57. The topological polar surface area (TPSA) is 57.8 Å². The van der Waals surface area contributed by atoms with Crippen molar-refractivity contribution in [2.45, 2.75) is 24.8 Å². The van der Waals surface area contributed by atoms with E-state index >= 15 is 0 Å². The number of rotatable bonds is 6. The third-order valence-corrected chi connectivity index (χ3v) is 5.87. The van der Waals surface area contributed by atoms with Crippen LogP contribution in [0.4, 0.5) is 11.5 Å². The number of pyridine rings is 1. The van der Waals surface area contributed by atoms with Gasteiger partial charge in [-0.3, -0.25) is 4.79 Å². The zero-order valence-corrected chi connectivity index (χ0v) is 16.5. The van der Waals surface area contributed by atoms with E-state index in [1.807, 2.05) is 6.07 Å². The van der Waals surface area contributed by atoms with Gasteiger partial charge in [0.1, 0.15) is 5.82 Å². The highest BCUT2D eigenvalue weighted by Crippen LogP contribution is 2.37. The van der Waals surface area contributed by atoms with Crippen molar-refractivity contribution >= 4 is 11.5 Å². The van der Waals surface area contributed by atoms with Crippen molar-refractivity contribution in [3.05, 3.63) is 58.4 Å². The molecule has 28 heavy (non-hydrogen) atoms. The molecule has 2 aromatic rings. The van der Waals surface area contributed by atoms with Crippen LogP contribution in [0, 0.1) is 0 Å². The van der Waals surface area contributed by atoms with Gasteiger partial charge in [0.05, 0.1) is 25.4 Å². The number of methoxy groups -OCH3 is 1. The van der Waals surface area contributed by atoms with Crippen LogP contribution < -0.4 is 15.4 Å². The van der Waals surface area contributed by atoms with Gasteiger partial charge in [0.15, 0.2) is 0 Å².